The third kappa shape index (κ3) is 8.25. The summed E-state index contributed by atoms with van der Waals surface area (Å²) in [5.41, 5.74) is 0.747. The molecular weight excluding hydrogens is 520 g/mol. The number of nitrogens with zero attached hydrogens (tertiary/aromatic N) is 1. The van der Waals surface area contributed by atoms with Crippen LogP contribution in [0.4, 0.5) is 0 Å². The Kier molecular flexibility index (Phi) is 10.6. The van der Waals surface area contributed by atoms with E-state index >= 15 is 0 Å². The van der Waals surface area contributed by atoms with Crippen LogP contribution in [0.2, 0.25) is 0 Å². The van der Waals surface area contributed by atoms with Crippen molar-refractivity contribution in [1.82, 2.24) is 31.5 Å². The first-order chi connectivity index (χ1) is 19.0. The molecule has 13 nitrogen and oxygen atoms in total. The maximum atomic E-state index is 13.4. The molecule has 3 rings (SSSR count). The molecule has 2 saturated heterocycles. The maximum Gasteiger partial charge on any atom is 0.245 e. The molecule has 0 aliphatic carbocycles. The van der Waals surface area contributed by atoms with Crippen LogP contribution in [0.1, 0.15) is 39.2 Å². The fourth-order valence-electron chi connectivity index (χ4n) is 4.62. The highest BCUT2D eigenvalue weighted by atomic mass is 16.3. The molecule has 0 bridgehead atoms. The van der Waals surface area contributed by atoms with E-state index in [2.05, 4.69) is 26.6 Å². The molecule has 6 amide bonds. The van der Waals surface area contributed by atoms with Gasteiger partial charge in [-0.25, -0.2) is 0 Å². The van der Waals surface area contributed by atoms with E-state index in [1.54, 1.807) is 38.1 Å². The van der Waals surface area contributed by atoms with E-state index in [1.807, 2.05) is 6.07 Å². The largest absolute Gasteiger partial charge is 0.391 e. The highest BCUT2D eigenvalue weighted by Crippen LogP contribution is 2.11. The van der Waals surface area contributed by atoms with E-state index in [4.69, 9.17) is 0 Å². The van der Waals surface area contributed by atoms with Gasteiger partial charge in [-0.3, -0.25) is 28.8 Å². The standard InChI is InChI=1S/C27H38N6O7/c1-15(2)22-26(39)30-19(13-17-7-5-4-6-8-17)24(37)32-23(16(3)34)25(38)28-11-12-33(14-21(36)31-22)27(40)18-9-10-20(35)29-18/h4-8,15-16,18-19,22-23,34H,9-14H2,1-3H3,(H,28,38)(H,29,35)(H,30,39)(H,31,36)(H,32,37)/t16-,18+,19+,22-,23+/m1/s1. The third-order valence-electron chi connectivity index (χ3n) is 6.86. The van der Waals surface area contributed by atoms with Gasteiger partial charge in [0, 0.05) is 25.9 Å². The highest BCUT2D eigenvalue weighted by Gasteiger charge is 2.35. The summed E-state index contributed by atoms with van der Waals surface area (Å²) in [6.45, 7) is 4.22. The average molecular weight is 559 g/mol. The fraction of sp³-hybridized carbons (Fsp3) is 0.556. The van der Waals surface area contributed by atoms with Crippen molar-refractivity contribution in [2.45, 2.75) is 70.3 Å². The predicted octanol–water partition coefficient (Wildman–Crippen LogP) is -2.04. The van der Waals surface area contributed by atoms with Gasteiger partial charge < -0.3 is 36.6 Å². The quantitative estimate of drug-likeness (QED) is 0.240. The Balaban J connectivity index is 1.90. The lowest BCUT2D eigenvalue weighted by molar-refractivity contribution is -0.139. The number of rotatable bonds is 5. The van der Waals surface area contributed by atoms with E-state index in [9.17, 15) is 33.9 Å². The lowest BCUT2D eigenvalue weighted by atomic mass is 10.0. The number of benzene rings is 1. The smallest absolute Gasteiger partial charge is 0.245 e. The molecule has 6 N–H and O–H groups in total. The van der Waals surface area contributed by atoms with Crippen molar-refractivity contribution in [2.75, 3.05) is 19.6 Å². The molecule has 2 aliphatic rings. The molecule has 0 saturated carbocycles. The lowest BCUT2D eigenvalue weighted by Crippen LogP contribution is -2.60. The van der Waals surface area contributed by atoms with Crippen molar-refractivity contribution in [3.8, 4) is 0 Å². The predicted molar refractivity (Wildman–Crippen MR) is 143 cm³/mol. The number of hydrogen-bond acceptors (Lipinski definition) is 7. The Labute approximate surface area is 232 Å². The minimum absolute atomic E-state index is 0.0833. The molecule has 0 radical (unpaired) electrons. The van der Waals surface area contributed by atoms with Crippen LogP contribution in [0.5, 0.6) is 0 Å². The zero-order valence-electron chi connectivity index (χ0n) is 22.9. The van der Waals surface area contributed by atoms with Crippen molar-refractivity contribution in [3.05, 3.63) is 35.9 Å². The van der Waals surface area contributed by atoms with Crippen LogP contribution >= 0.6 is 0 Å². The summed E-state index contributed by atoms with van der Waals surface area (Å²) in [5.74, 6) is -3.75. The Hall–Kier alpha value is -4.00. The number of amides is 6. The van der Waals surface area contributed by atoms with Crippen molar-refractivity contribution in [2.24, 2.45) is 5.92 Å². The Morgan fingerprint density at radius 3 is 2.20 bits per heavy atom. The molecular formula is C27H38N6O7. The monoisotopic (exact) mass is 558 g/mol. The van der Waals surface area contributed by atoms with Gasteiger partial charge in [-0.05, 0) is 24.8 Å². The second-order valence-corrected chi connectivity index (χ2v) is 10.5. The number of carbonyl (C=O) groups excluding carboxylic acids is 6. The molecule has 2 heterocycles. The average Bonchev–Trinajstić information content (AvgIpc) is 3.34. The number of aliphatic hydroxyl groups excluding tert-OH is 1. The van der Waals surface area contributed by atoms with E-state index in [0.717, 1.165) is 5.56 Å². The van der Waals surface area contributed by atoms with Gasteiger partial charge in [0.25, 0.3) is 0 Å². The van der Waals surface area contributed by atoms with Gasteiger partial charge in [0.1, 0.15) is 24.2 Å². The molecule has 2 aliphatic heterocycles. The second kappa shape index (κ2) is 13.9. The van der Waals surface area contributed by atoms with Crippen molar-refractivity contribution in [1.29, 1.82) is 0 Å². The summed E-state index contributed by atoms with van der Waals surface area (Å²) in [6, 6.07) is 4.67. The van der Waals surface area contributed by atoms with Crippen LogP contribution in [0.3, 0.4) is 0 Å². The SMILES string of the molecule is CC(C)[C@H]1NC(=O)CN(C(=O)[C@@H]2CCC(=O)N2)CCNC(=O)[C@H]([C@@H](C)O)NC(=O)[C@H](Cc2ccccc2)NC1=O. The molecule has 0 unspecified atom stereocenters. The maximum absolute atomic E-state index is 13.4. The highest BCUT2D eigenvalue weighted by molar-refractivity contribution is 5.96. The van der Waals surface area contributed by atoms with Crippen LogP contribution in [-0.2, 0) is 35.2 Å². The summed E-state index contributed by atoms with van der Waals surface area (Å²) >= 11 is 0. The molecule has 2 fully saturated rings. The Morgan fingerprint density at radius 1 is 0.900 bits per heavy atom. The summed E-state index contributed by atoms with van der Waals surface area (Å²) in [7, 11) is 0. The van der Waals surface area contributed by atoms with E-state index in [1.165, 1.54) is 11.8 Å². The van der Waals surface area contributed by atoms with E-state index < -0.39 is 66.4 Å². The molecule has 0 aromatic heterocycles. The zero-order chi connectivity index (χ0) is 29.4. The number of nitrogens with one attached hydrogen (secondary N) is 5. The minimum Gasteiger partial charge on any atom is -0.391 e. The normalized spacial score (nSPS) is 26.0. The second-order valence-electron chi connectivity index (χ2n) is 10.5. The van der Waals surface area contributed by atoms with Gasteiger partial charge >= 0.3 is 0 Å². The topological polar surface area (TPSA) is 186 Å². The fourth-order valence-corrected chi connectivity index (χ4v) is 4.62. The summed E-state index contributed by atoms with van der Waals surface area (Å²) in [5, 5.41) is 23.3. The Bertz CT molecular complexity index is 1110. The molecule has 218 valence electrons. The van der Waals surface area contributed by atoms with Gasteiger partial charge in [-0.2, -0.15) is 0 Å². The summed E-state index contributed by atoms with van der Waals surface area (Å²) in [4.78, 5) is 78.7. The van der Waals surface area contributed by atoms with Gasteiger partial charge in [-0.1, -0.05) is 44.2 Å². The van der Waals surface area contributed by atoms with Crippen molar-refractivity contribution < 1.29 is 33.9 Å². The van der Waals surface area contributed by atoms with Crippen LogP contribution in [0, 0.1) is 5.92 Å². The first kappa shape index (κ1) is 30.5. The van der Waals surface area contributed by atoms with Crippen LogP contribution < -0.4 is 26.6 Å². The van der Waals surface area contributed by atoms with Crippen LogP contribution in [0.25, 0.3) is 0 Å². The third-order valence-corrected chi connectivity index (χ3v) is 6.86. The van der Waals surface area contributed by atoms with Gasteiger partial charge in [0.2, 0.25) is 35.4 Å². The number of hydrogen-bond donors (Lipinski definition) is 6. The first-order valence-corrected chi connectivity index (χ1v) is 13.4. The number of carbonyl (C=O) groups is 6. The molecule has 40 heavy (non-hydrogen) atoms. The Morgan fingerprint density at radius 2 is 1.60 bits per heavy atom. The van der Waals surface area contributed by atoms with Crippen molar-refractivity contribution >= 4 is 35.4 Å². The van der Waals surface area contributed by atoms with E-state index in [-0.39, 0.29) is 44.2 Å². The van der Waals surface area contributed by atoms with Gasteiger partial charge in [0.05, 0.1) is 12.6 Å². The van der Waals surface area contributed by atoms with Crippen molar-refractivity contribution in [3.63, 3.8) is 0 Å². The zero-order valence-corrected chi connectivity index (χ0v) is 22.9. The van der Waals surface area contributed by atoms with Crippen LogP contribution in [0.15, 0.2) is 30.3 Å². The van der Waals surface area contributed by atoms with E-state index in [0.29, 0.717) is 0 Å². The molecule has 5 atom stereocenters. The number of aliphatic hydroxyl groups is 1. The molecule has 1 aromatic rings. The summed E-state index contributed by atoms with van der Waals surface area (Å²) in [6.07, 6.45) is -0.715. The molecule has 1 aromatic carbocycles. The van der Waals surface area contributed by atoms with Gasteiger partial charge in [-0.15, -0.1) is 0 Å². The van der Waals surface area contributed by atoms with Crippen LogP contribution in [-0.4, -0.2) is 95.4 Å². The first-order valence-electron chi connectivity index (χ1n) is 13.4. The minimum atomic E-state index is -1.34. The molecule has 0 spiro atoms. The molecule has 13 heteroatoms. The van der Waals surface area contributed by atoms with Gasteiger partial charge in [0.15, 0.2) is 0 Å². The lowest BCUT2D eigenvalue weighted by Gasteiger charge is -2.28. The summed E-state index contributed by atoms with van der Waals surface area (Å²) < 4.78 is 0.